The average Bonchev–Trinajstić information content (AvgIpc) is 2.79. The Morgan fingerprint density at radius 3 is 2.61 bits per heavy atom. The molecule has 1 N–H and O–H groups in total. The van der Waals surface area contributed by atoms with E-state index in [1.165, 1.54) is 11.9 Å². The second kappa shape index (κ2) is 13.3. The van der Waals surface area contributed by atoms with Crippen molar-refractivity contribution in [3.63, 3.8) is 0 Å². The summed E-state index contributed by atoms with van der Waals surface area (Å²) >= 11 is 1.35. The third-order valence-electron chi connectivity index (χ3n) is 5.70. The van der Waals surface area contributed by atoms with Gasteiger partial charge in [0, 0.05) is 43.0 Å². The maximum Gasteiger partial charge on any atom is 0.274 e. The topological polar surface area (TPSA) is 75.7 Å². The Morgan fingerprint density at radius 1 is 1.09 bits per heavy atom. The predicted octanol–water partition coefficient (Wildman–Crippen LogP) is 4.33. The van der Waals surface area contributed by atoms with Gasteiger partial charge in [0.05, 0.1) is 10.3 Å². The fourth-order valence-corrected chi connectivity index (χ4v) is 5.45. The first-order valence-electron chi connectivity index (χ1n) is 11.3. The number of carbonyl (C=O) groups excluding carboxylic acids is 2. The standard InChI is InChI=1S/C25H32IN3O3S/c1-33(32)19-25(31)27-21-10-8-9-20(17-21)23(30)13-6-3-7-14-28-15-16-29(18-24(28)26)22-11-4-2-5-12-22/h2,4-5,8-12,17,24H,3,6-7,13-16,18-19H2,1H3,(H,27,31). The number of rotatable bonds is 11. The number of ketones is 1. The smallest absolute Gasteiger partial charge is 0.274 e. The van der Waals surface area contributed by atoms with Crippen molar-refractivity contribution in [2.75, 3.05) is 48.4 Å². The zero-order valence-corrected chi connectivity index (χ0v) is 22.0. The summed E-state index contributed by atoms with van der Waals surface area (Å²) < 4.78 is 11.7. The SMILES string of the molecule is C[S+]([O-])CC(=O)Nc1cccc(C(=O)CCCCCN2CCN(c3ccccc3)CC2I)c1. The van der Waals surface area contributed by atoms with Gasteiger partial charge in [-0.15, -0.1) is 0 Å². The van der Waals surface area contributed by atoms with Crippen molar-refractivity contribution >= 4 is 56.8 Å². The van der Waals surface area contributed by atoms with E-state index >= 15 is 0 Å². The van der Waals surface area contributed by atoms with E-state index in [-0.39, 0.29) is 17.4 Å². The van der Waals surface area contributed by atoms with Crippen LogP contribution in [0.2, 0.25) is 0 Å². The quantitative estimate of drug-likeness (QED) is 0.107. The summed E-state index contributed by atoms with van der Waals surface area (Å²) in [6.07, 6.45) is 4.96. The number of hydrogen-bond donors (Lipinski definition) is 1. The fraction of sp³-hybridized carbons (Fsp3) is 0.440. The molecule has 0 aromatic heterocycles. The van der Waals surface area contributed by atoms with Crippen LogP contribution in [0.3, 0.4) is 0 Å². The molecule has 1 aliphatic heterocycles. The van der Waals surface area contributed by atoms with Crippen molar-refractivity contribution in [1.82, 2.24) is 4.90 Å². The van der Waals surface area contributed by atoms with E-state index in [2.05, 4.69) is 68.0 Å². The summed E-state index contributed by atoms with van der Waals surface area (Å²) in [6, 6.07) is 17.6. The Bertz CT molecular complexity index is 913. The van der Waals surface area contributed by atoms with Gasteiger partial charge in [0.25, 0.3) is 5.91 Å². The van der Waals surface area contributed by atoms with Crippen molar-refractivity contribution in [3.8, 4) is 0 Å². The third kappa shape index (κ3) is 8.59. The lowest BCUT2D eigenvalue weighted by Crippen LogP contribution is -2.50. The molecule has 1 heterocycles. The van der Waals surface area contributed by atoms with Crippen LogP contribution in [0.1, 0.15) is 36.0 Å². The molecule has 178 valence electrons. The molecule has 1 aliphatic rings. The van der Waals surface area contributed by atoms with E-state index in [4.69, 9.17) is 0 Å². The third-order valence-corrected chi connectivity index (χ3v) is 7.55. The highest BCUT2D eigenvalue weighted by Crippen LogP contribution is 2.22. The highest BCUT2D eigenvalue weighted by Gasteiger charge is 2.24. The number of piperazine rings is 1. The molecule has 2 atom stereocenters. The van der Waals surface area contributed by atoms with Crippen LogP contribution in [0.4, 0.5) is 11.4 Å². The van der Waals surface area contributed by atoms with Crippen molar-refractivity contribution in [2.24, 2.45) is 0 Å². The number of nitrogens with zero attached hydrogens (tertiary/aromatic N) is 2. The molecule has 33 heavy (non-hydrogen) atoms. The van der Waals surface area contributed by atoms with Gasteiger partial charge >= 0.3 is 0 Å². The number of unbranched alkanes of at least 4 members (excludes halogenated alkanes) is 2. The number of amides is 1. The van der Waals surface area contributed by atoms with Crippen LogP contribution in [-0.4, -0.2) is 63.4 Å². The molecule has 6 nitrogen and oxygen atoms in total. The summed E-state index contributed by atoms with van der Waals surface area (Å²) in [5.41, 5.74) is 2.47. The number of anilines is 2. The van der Waals surface area contributed by atoms with Crippen LogP contribution in [0.25, 0.3) is 0 Å². The second-order valence-corrected chi connectivity index (χ2v) is 11.2. The average molecular weight is 582 g/mol. The summed E-state index contributed by atoms with van der Waals surface area (Å²) in [7, 11) is 0. The largest absolute Gasteiger partial charge is 0.616 e. The summed E-state index contributed by atoms with van der Waals surface area (Å²) in [5, 5.41) is 2.70. The molecule has 0 radical (unpaired) electrons. The summed E-state index contributed by atoms with van der Waals surface area (Å²) in [5.74, 6) is -0.260. The Labute approximate surface area is 213 Å². The molecule has 0 saturated carbocycles. The lowest BCUT2D eigenvalue weighted by Gasteiger charge is -2.40. The first-order valence-corrected chi connectivity index (χ1v) is 14.3. The van der Waals surface area contributed by atoms with Crippen LogP contribution < -0.4 is 10.2 Å². The summed E-state index contributed by atoms with van der Waals surface area (Å²) in [6.45, 7) is 4.20. The normalized spacial score (nSPS) is 17.5. The van der Waals surface area contributed by atoms with E-state index in [1.807, 2.05) is 0 Å². The Kier molecular flexibility index (Phi) is 10.5. The molecule has 2 unspecified atom stereocenters. The van der Waals surface area contributed by atoms with E-state index in [9.17, 15) is 14.1 Å². The molecule has 8 heteroatoms. The maximum atomic E-state index is 12.6. The van der Waals surface area contributed by atoms with Gasteiger partial charge in [-0.25, -0.2) is 0 Å². The number of benzene rings is 2. The van der Waals surface area contributed by atoms with Crippen LogP contribution in [0, 0.1) is 0 Å². The van der Waals surface area contributed by atoms with Crippen LogP contribution >= 0.6 is 22.6 Å². The molecule has 1 amide bonds. The summed E-state index contributed by atoms with van der Waals surface area (Å²) in [4.78, 5) is 29.4. The first kappa shape index (κ1) is 26.0. The minimum atomic E-state index is -1.19. The van der Waals surface area contributed by atoms with Gasteiger partial charge < -0.3 is 14.8 Å². The van der Waals surface area contributed by atoms with Gasteiger partial charge in [-0.2, -0.15) is 0 Å². The highest BCUT2D eigenvalue weighted by molar-refractivity contribution is 14.1. The number of alkyl halides is 1. The number of hydrogen-bond acceptors (Lipinski definition) is 5. The van der Waals surface area contributed by atoms with Gasteiger partial charge in [0.1, 0.15) is 0 Å². The Balaban J connectivity index is 1.35. The first-order chi connectivity index (χ1) is 15.9. The molecule has 1 fully saturated rings. The molecule has 2 aromatic carbocycles. The maximum absolute atomic E-state index is 12.6. The Morgan fingerprint density at radius 2 is 1.88 bits per heavy atom. The van der Waals surface area contributed by atoms with Crippen molar-refractivity contribution in [2.45, 2.75) is 29.7 Å². The highest BCUT2D eigenvalue weighted by atomic mass is 127. The minimum absolute atomic E-state index is 0.0441. The predicted molar refractivity (Wildman–Crippen MR) is 145 cm³/mol. The zero-order valence-electron chi connectivity index (χ0n) is 19.0. The van der Waals surface area contributed by atoms with Crippen molar-refractivity contribution in [3.05, 3.63) is 60.2 Å². The van der Waals surface area contributed by atoms with E-state index < -0.39 is 11.2 Å². The number of para-hydroxylation sites is 1. The number of Topliss-reactive ketones (excluding diaryl/α,β-unsaturated/α-hetero) is 1. The van der Waals surface area contributed by atoms with E-state index in [0.717, 1.165) is 45.4 Å². The molecule has 0 aliphatic carbocycles. The second-order valence-electron chi connectivity index (χ2n) is 8.33. The molecule has 0 bridgehead atoms. The van der Waals surface area contributed by atoms with Crippen LogP contribution in [0.15, 0.2) is 54.6 Å². The van der Waals surface area contributed by atoms with E-state index in [1.54, 1.807) is 24.3 Å². The molecule has 2 aromatic rings. The molecular weight excluding hydrogens is 549 g/mol. The fourth-order valence-electron chi connectivity index (χ4n) is 3.98. The van der Waals surface area contributed by atoms with Gasteiger partial charge in [0.2, 0.25) is 0 Å². The van der Waals surface area contributed by atoms with Crippen molar-refractivity contribution in [1.29, 1.82) is 0 Å². The van der Waals surface area contributed by atoms with Gasteiger partial charge in [-0.1, -0.05) is 59.3 Å². The molecule has 0 spiro atoms. The van der Waals surface area contributed by atoms with Crippen LogP contribution in [-0.2, 0) is 16.0 Å². The molecular formula is C25H32IN3O3S. The minimum Gasteiger partial charge on any atom is -0.616 e. The van der Waals surface area contributed by atoms with Crippen LogP contribution in [0.5, 0.6) is 0 Å². The van der Waals surface area contributed by atoms with Gasteiger partial charge in [-0.05, 0) is 54.8 Å². The monoisotopic (exact) mass is 581 g/mol. The van der Waals surface area contributed by atoms with Crippen molar-refractivity contribution < 1.29 is 14.1 Å². The number of carbonyl (C=O) groups is 2. The van der Waals surface area contributed by atoms with Gasteiger partial charge in [0.15, 0.2) is 11.5 Å². The zero-order chi connectivity index (χ0) is 23.6. The lowest BCUT2D eigenvalue weighted by molar-refractivity contribution is -0.113. The number of nitrogens with one attached hydrogen (secondary N) is 1. The van der Waals surface area contributed by atoms with Gasteiger partial charge in [-0.3, -0.25) is 14.5 Å². The molecule has 3 rings (SSSR count). The Hall–Kier alpha value is -1.62. The number of halogens is 1. The molecule has 1 saturated heterocycles. The lowest BCUT2D eigenvalue weighted by atomic mass is 10.0. The van der Waals surface area contributed by atoms with E-state index in [0.29, 0.717) is 21.7 Å².